The van der Waals surface area contributed by atoms with Crippen molar-refractivity contribution in [1.82, 2.24) is 4.90 Å². The molecule has 0 saturated carbocycles. The number of nitrogens with zero attached hydrogens (tertiary/aromatic N) is 2. The van der Waals surface area contributed by atoms with Gasteiger partial charge in [0, 0.05) is 26.1 Å². The van der Waals surface area contributed by atoms with Crippen LogP contribution >= 0.6 is 0 Å². The van der Waals surface area contributed by atoms with Crippen molar-refractivity contribution in [3.05, 3.63) is 29.6 Å². The molecule has 0 spiro atoms. The number of benzene rings is 1. The maximum Gasteiger partial charge on any atom is 0.222 e. The van der Waals surface area contributed by atoms with Gasteiger partial charge in [-0.1, -0.05) is 0 Å². The van der Waals surface area contributed by atoms with Crippen LogP contribution in [-0.4, -0.2) is 30.4 Å². The van der Waals surface area contributed by atoms with E-state index in [1.165, 1.54) is 6.07 Å². The Hall–Kier alpha value is -2.09. The van der Waals surface area contributed by atoms with Gasteiger partial charge in [-0.05, 0) is 24.6 Å². The summed E-state index contributed by atoms with van der Waals surface area (Å²) in [6.07, 6.45) is 1.18. The van der Waals surface area contributed by atoms with Crippen molar-refractivity contribution in [3.8, 4) is 6.07 Å². The molecule has 0 unspecified atom stereocenters. The van der Waals surface area contributed by atoms with Crippen LogP contribution in [0.2, 0.25) is 0 Å². The summed E-state index contributed by atoms with van der Waals surface area (Å²) in [5, 5.41) is 11.7. The second kappa shape index (κ2) is 5.05. The third-order valence-electron chi connectivity index (χ3n) is 3.08. The van der Waals surface area contributed by atoms with E-state index in [4.69, 9.17) is 5.26 Å². The van der Waals surface area contributed by atoms with Gasteiger partial charge in [0.1, 0.15) is 5.82 Å². The van der Waals surface area contributed by atoms with Crippen LogP contribution in [0.5, 0.6) is 0 Å². The maximum atomic E-state index is 13.7. The molecule has 18 heavy (non-hydrogen) atoms. The van der Waals surface area contributed by atoms with E-state index in [0.717, 1.165) is 0 Å². The summed E-state index contributed by atoms with van der Waals surface area (Å²) >= 11 is 0. The molecule has 5 heteroatoms. The Morgan fingerprint density at radius 1 is 1.56 bits per heavy atom. The van der Waals surface area contributed by atoms with Gasteiger partial charge in [-0.15, -0.1) is 0 Å². The molecule has 1 aliphatic rings. The Labute approximate surface area is 105 Å². The molecule has 1 aromatic rings. The van der Waals surface area contributed by atoms with Crippen LogP contribution in [0.15, 0.2) is 18.2 Å². The molecule has 4 nitrogen and oxygen atoms in total. The highest BCUT2D eigenvalue weighted by Crippen LogP contribution is 2.19. The van der Waals surface area contributed by atoms with Gasteiger partial charge in [0.05, 0.1) is 17.3 Å². The van der Waals surface area contributed by atoms with Gasteiger partial charge in [-0.3, -0.25) is 4.79 Å². The lowest BCUT2D eigenvalue weighted by Crippen LogP contribution is -2.43. The van der Waals surface area contributed by atoms with E-state index in [9.17, 15) is 9.18 Å². The van der Waals surface area contributed by atoms with Gasteiger partial charge in [-0.25, -0.2) is 4.39 Å². The first kappa shape index (κ1) is 12.4. The van der Waals surface area contributed by atoms with Gasteiger partial charge < -0.3 is 10.2 Å². The van der Waals surface area contributed by atoms with Crippen molar-refractivity contribution in [2.24, 2.45) is 0 Å². The fraction of sp³-hybridized carbons (Fsp3) is 0.385. The van der Waals surface area contributed by atoms with Crippen LogP contribution in [0.1, 0.15) is 18.4 Å². The van der Waals surface area contributed by atoms with Gasteiger partial charge in [0.15, 0.2) is 0 Å². The largest absolute Gasteiger partial charge is 0.378 e. The number of nitrogens with one attached hydrogen (secondary N) is 1. The molecule has 1 fully saturated rings. The minimum atomic E-state index is -0.436. The second-order valence-electron chi connectivity index (χ2n) is 4.46. The summed E-state index contributed by atoms with van der Waals surface area (Å²) < 4.78 is 13.7. The molecule has 1 heterocycles. The average molecular weight is 247 g/mol. The van der Waals surface area contributed by atoms with Crippen LogP contribution in [-0.2, 0) is 4.79 Å². The van der Waals surface area contributed by atoms with E-state index < -0.39 is 5.82 Å². The number of anilines is 1. The van der Waals surface area contributed by atoms with Crippen molar-refractivity contribution >= 4 is 11.6 Å². The zero-order valence-electron chi connectivity index (χ0n) is 10.1. The smallest absolute Gasteiger partial charge is 0.222 e. The Balaban J connectivity index is 2.06. The SMILES string of the molecule is CN1C[C@@H](Nc2ccc(C#N)cc2F)CCC1=O. The van der Waals surface area contributed by atoms with E-state index in [1.807, 2.05) is 6.07 Å². The monoisotopic (exact) mass is 247 g/mol. The molecule has 2 rings (SSSR count). The third-order valence-corrected chi connectivity index (χ3v) is 3.08. The lowest BCUT2D eigenvalue weighted by atomic mass is 10.1. The van der Waals surface area contributed by atoms with Crippen molar-refractivity contribution in [2.75, 3.05) is 18.9 Å². The highest BCUT2D eigenvalue weighted by Gasteiger charge is 2.23. The number of rotatable bonds is 2. The molecule has 0 radical (unpaired) electrons. The predicted octanol–water partition coefficient (Wildman–Crippen LogP) is 1.73. The Morgan fingerprint density at radius 3 is 2.94 bits per heavy atom. The molecule has 1 N–H and O–H groups in total. The molecule has 1 atom stereocenters. The number of amides is 1. The quantitative estimate of drug-likeness (QED) is 0.865. The minimum absolute atomic E-state index is 0.0511. The normalized spacial score (nSPS) is 19.5. The van der Waals surface area contributed by atoms with E-state index in [2.05, 4.69) is 5.32 Å². The molecular formula is C13H14FN3O. The highest BCUT2D eigenvalue weighted by atomic mass is 19.1. The lowest BCUT2D eigenvalue weighted by Gasteiger charge is -2.30. The standard InChI is InChI=1S/C13H14FN3O/c1-17-8-10(3-5-13(17)18)16-12-4-2-9(7-15)6-11(12)14/h2,4,6,10,16H,3,5,8H2,1H3/t10-/m0/s1. The van der Waals surface area contributed by atoms with E-state index in [0.29, 0.717) is 30.6 Å². The highest BCUT2D eigenvalue weighted by molar-refractivity contribution is 5.77. The summed E-state index contributed by atoms with van der Waals surface area (Å²) in [5.74, 6) is -0.318. The average Bonchev–Trinajstić information content (AvgIpc) is 2.36. The molecule has 1 aromatic carbocycles. The van der Waals surface area contributed by atoms with E-state index >= 15 is 0 Å². The number of halogens is 1. The predicted molar refractivity (Wildman–Crippen MR) is 65.4 cm³/mol. The molecule has 1 aliphatic heterocycles. The summed E-state index contributed by atoms with van der Waals surface area (Å²) in [6, 6.07) is 6.28. The molecule has 0 bridgehead atoms. The van der Waals surface area contributed by atoms with E-state index in [-0.39, 0.29) is 11.9 Å². The Bertz CT molecular complexity index is 509. The number of carbonyl (C=O) groups excluding carboxylic acids is 1. The van der Waals surface area contributed by atoms with Gasteiger partial charge in [-0.2, -0.15) is 5.26 Å². The van der Waals surface area contributed by atoms with Gasteiger partial charge in [0.25, 0.3) is 0 Å². The topological polar surface area (TPSA) is 56.1 Å². The van der Waals surface area contributed by atoms with Gasteiger partial charge in [0.2, 0.25) is 5.91 Å². The molecule has 94 valence electrons. The third kappa shape index (κ3) is 2.59. The second-order valence-corrected chi connectivity index (χ2v) is 4.46. The number of carbonyl (C=O) groups is 1. The number of hydrogen-bond donors (Lipinski definition) is 1. The van der Waals surface area contributed by atoms with Crippen LogP contribution in [0.4, 0.5) is 10.1 Å². The van der Waals surface area contributed by atoms with Crippen molar-refractivity contribution in [3.63, 3.8) is 0 Å². The van der Waals surface area contributed by atoms with Crippen LogP contribution in [0.3, 0.4) is 0 Å². The molecular weight excluding hydrogens is 233 g/mol. The van der Waals surface area contributed by atoms with E-state index in [1.54, 1.807) is 24.1 Å². The number of piperidine rings is 1. The van der Waals surface area contributed by atoms with Crippen molar-refractivity contribution < 1.29 is 9.18 Å². The first-order valence-electron chi connectivity index (χ1n) is 5.80. The summed E-state index contributed by atoms with van der Waals surface area (Å²) in [5.41, 5.74) is 0.677. The lowest BCUT2D eigenvalue weighted by molar-refractivity contribution is -0.132. The first-order valence-corrected chi connectivity index (χ1v) is 5.80. The zero-order valence-corrected chi connectivity index (χ0v) is 10.1. The number of likely N-dealkylation sites (tertiary alicyclic amines) is 1. The number of hydrogen-bond acceptors (Lipinski definition) is 3. The summed E-state index contributed by atoms with van der Waals surface area (Å²) in [4.78, 5) is 13.0. The van der Waals surface area contributed by atoms with Crippen LogP contribution in [0.25, 0.3) is 0 Å². The molecule has 1 saturated heterocycles. The fourth-order valence-corrected chi connectivity index (χ4v) is 2.05. The van der Waals surface area contributed by atoms with Crippen molar-refractivity contribution in [1.29, 1.82) is 5.26 Å². The summed E-state index contributed by atoms with van der Waals surface area (Å²) in [7, 11) is 1.74. The van der Waals surface area contributed by atoms with Crippen molar-refractivity contribution in [2.45, 2.75) is 18.9 Å². The maximum absolute atomic E-state index is 13.7. The Morgan fingerprint density at radius 2 is 2.33 bits per heavy atom. The molecule has 0 aromatic heterocycles. The van der Waals surface area contributed by atoms with Crippen LogP contribution in [0, 0.1) is 17.1 Å². The summed E-state index contributed by atoms with van der Waals surface area (Å²) in [6.45, 7) is 0.568. The Kier molecular flexibility index (Phi) is 3.47. The fourth-order valence-electron chi connectivity index (χ4n) is 2.05. The van der Waals surface area contributed by atoms with Crippen LogP contribution < -0.4 is 5.32 Å². The van der Waals surface area contributed by atoms with Gasteiger partial charge >= 0.3 is 0 Å². The zero-order chi connectivity index (χ0) is 13.1. The molecule has 1 amide bonds. The number of nitriles is 1. The molecule has 0 aliphatic carbocycles. The first-order chi connectivity index (χ1) is 8.60. The minimum Gasteiger partial charge on any atom is -0.378 e. The number of likely N-dealkylation sites (N-methyl/N-ethyl adjacent to an activating group) is 1.